The first kappa shape index (κ1) is 13.4. The van der Waals surface area contributed by atoms with Crippen molar-refractivity contribution in [2.24, 2.45) is 5.92 Å². The predicted octanol–water partition coefficient (Wildman–Crippen LogP) is 3.09. The zero-order valence-electron chi connectivity index (χ0n) is 9.67. The van der Waals surface area contributed by atoms with Crippen LogP contribution in [-0.2, 0) is 0 Å². The third-order valence-corrected chi connectivity index (χ3v) is 3.04. The summed E-state index contributed by atoms with van der Waals surface area (Å²) < 4.78 is 0.999. The van der Waals surface area contributed by atoms with Crippen molar-refractivity contribution in [1.82, 2.24) is 10.3 Å². The Morgan fingerprint density at radius 3 is 2.81 bits per heavy atom. The van der Waals surface area contributed by atoms with Gasteiger partial charge in [-0.1, -0.05) is 13.8 Å². The molecule has 1 rings (SSSR count). The molecule has 0 aliphatic heterocycles. The van der Waals surface area contributed by atoms with Gasteiger partial charge in [-0.25, -0.2) is 4.98 Å². The number of rotatable bonds is 3. The van der Waals surface area contributed by atoms with E-state index in [9.17, 15) is 0 Å². The maximum absolute atomic E-state index is 5.16. The Hall–Kier alpha value is -0.680. The summed E-state index contributed by atoms with van der Waals surface area (Å²) in [6.45, 7) is 7.15. The number of halogens is 1. The van der Waals surface area contributed by atoms with Gasteiger partial charge in [0.05, 0.1) is 0 Å². The molecule has 16 heavy (non-hydrogen) atoms. The minimum atomic E-state index is 0.569. The Kier molecular flexibility index (Phi) is 5.15. The molecule has 0 amide bonds. The number of pyridine rings is 1. The highest BCUT2D eigenvalue weighted by Crippen LogP contribution is 2.16. The summed E-state index contributed by atoms with van der Waals surface area (Å²) in [4.78, 5) is 4.22. The quantitative estimate of drug-likeness (QED) is 0.841. The van der Waals surface area contributed by atoms with E-state index in [4.69, 9.17) is 12.2 Å². The Bertz CT molecular complexity index is 379. The average Bonchev–Trinajstić information content (AvgIpc) is 2.21. The van der Waals surface area contributed by atoms with E-state index in [0.29, 0.717) is 11.0 Å². The van der Waals surface area contributed by atoms with E-state index in [-0.39, 0.29) is 0 Å². The van der Waals surface area contributed by atoms with E-state index in [2.05, 4.69) is 45.4 Å². The molecule has 3 nitrogen and oxygen atoms in total. The molecule has 1 aromatic heterocycles. The number of hydrogen-bond acceptors (Lipinski definition) is 2. The number of hydrogen-bond donors (Lipinski definition) is 2. The number of aryl methyl sites for hydroxylation is 1. The van der Waals surface area contributed by atoms with Crippen LogP contribution in [0.3, 0.4) is 0 Å². The maximum Gasteiger partial charge on any atom is 0.171 e. The molecule has 0 aromatic carbocycles. The first-order valence-corrected chi connectivity index (χ1v) is 6.36. The largest absolute Gasteiger partial charge is 0.362 e. The summed E-state index contributed by atoms with van der Waals surface area (Å²) >= 11 is 8.56. The number of nitrogens with zero attached hydrogens (tertiary/aromatic N) is 1. The average molecular weight is 302 g/mol. The zero-order chi connectivity index (χ0) is 12.1. The normalized spacial score (nSPS) is 10.3. The molecular weight excluding hydrogens is 286 g/mol. The molecule has 0 unspecified atom stereocenters. The number of aromatic nitrogens is 1. The van der Waals surface area contributed by atoms with Crippen LogP contribution in [0, 0.1) is 12.8 Å². The minimum absolute atomic E-state index is 0.569. The molecule has 1 heterocycles. The third-order valence-electron chi connectivity index (χ3n) is 1.96. The Labute approximate surface area is 110 Å². The van der Waals surface area contributed by atoms with Crippen molar-refractivity contribution in [2.75, 3.05) is 11.9 Å². The Morgan fingerprint density at radius 1 is 1.56 bits per heavy atom. The molecule has 0 fully saturated rings. The molecule has 2 N–H and O–H groups in total. The van der Waals surface area contributed by atoms with Gasteiger partial charge in [-0.2, -0.15) is 0 Å². The standard InChI is InChI=1S/C11H16BrN3S/c1-7(2)5-14-11(16)15-10-4-8(3)9(12)6-13-10/h4,6-7H,5H2,1-3H3,(H2,13,14,15,16). The van der Waals surface area contributed by atoms with Crippen LogP contribution in [-0.4, -0.2) is 16.6 Å². The lowest BCUT2D eigenvalue weighted by atomic mass is 10.2. The lowest BCUT2D eigenvalue weighted by molar-refractivity contribution is 0.627. The first-order valence-electron chi connectivity index (χ1n) is 5.16. The summed E-state index contributed by atoms with van der Waals surface area (Å²) in [5.41, 5.74) is 1.13. The van der Waals surface area contributed by atoms with E-state index >= 15 is 0 Å². The van der Waals surface area contributed by atoms with Crippen LogP contribution in [0.25, 0.3) is 0 Å². The first-order chi connectivity index (χ1) is 7.49. The summed E-state index contributed by atoms with van der Waals surface area (Å²) in [6.07, 6.45) is 1.77. The lowest BCUT2D eigenvalue weighted by Gasteiger charge is -2.12. The second-order valence-electron chi connectivity index (χ2n) is 4.05. The summed E-state index contributed by atoms with van der Waals surface area (Å²) in [6, 6.07) is 1.95. The van der Waals surface area contributed by atoms with Gasteiger partial charge in [0.2, 0.25) is 0 Å². The third kappa shape index (κ3) is 4.45. The molecule has 0 saturated carbocycles. The molecule has 88 valence electrons. The van der Waals surface area contributed by atoms with Gasteiger partial charge in [-0.3, -0.25) is 0 Å². The van der Waals surface area contributed by atoms with E-state index in [1.807, 2.05) is 13.0 Å². The molecule has 0 spiro atoms. The highest BCUT2D eigenvalue weighted by atomic mass is 79.9. The van der Waals surface area contributed by atoms with Gasteiger partial charge in [0.1, 0.15) is 5.82 Å². The molecular formula is C11H16BrN3S. The van der Waals surface area contributed by atoms with Crippen LogP contribution >= 0.6 is 28.1 Å². The fraction of sp³-hybridized carbons (Fsp3) is 0.455. The zero-order valence-corrected chi connectivity index (χ0v) is 12.1. The van der Waals surface area contributed by atoms with Gasteiger partial charge in [0.25, 0.3) is 0 Å². The van der Waals surface area contributed by atoms with E-state index in [0.717, 1.165) is 22.4 Å². The lowest BCUT2D eigenvalue weighted by Crippen LogP contribution is -2.31. The second-order valence-corrected chi connectivity index (χ2v) is 5.31. The highest BCUT2D eigenvalue weighted by molar-refractivity contribution is 9.10. The van der Waals surface area contributed by atoms with Gasteiger partial charge in [-0.15, -0.1) is 0 Å². The smallest absolute Gasteiger partial charge is 0.171 e. The van der Waals surface area contributed by atoms with Crippen molar-refractivity contribution in [3.63, 3.8) is 0 Å². The van der Waals surface area contributed by atoms with Gasteiger partial charge in [-0.05, 0) is 52.6 Å². The summed E-state index contributed by atoms with van der Waals surface area (Å²) in [5, 5.41) is 6.80. The van der Waals surface area contributed by atoms with Crippen molar-refractivity contribution >= 4 is 39.1 Å². The van der Waals surface area contributed by atoms with Crippen molar-refractivity contribution in [3.8, 4) is 0 Å². The predicted molar refractivity (Wildman–Crippen MR) is 75.7 cm³/mol. The number of anilines is 1. The molecule has 0 saturated heterocycles. The molecule has 0 aliphatic carbocycles. The molecule has 0 atom stereocenters. The minimum Gasteiger partial charge on any atom is -0.362 e. The van der Waals surface area contributed by atoms with Crippen molar-refractivity contribution < 1.29 is 0 Å². The van der Waals surface area contributed by atoms with Crippen LogP contribution in [0.5, 0.6) is 0 Å². The van der Waals surface area contributed by atoms with Crippen LogP contribution in [0.1, 0.15) is 19.4 Å². The molecule has 0 bridgehead atoms. The van der Waals surface area contributed by atoms with Crippen molar-refractivity contribution in [3.05, 3.63) is 22.3 Å². The Morgan fingerprint density at radius 2 is 2.25 bits per heavy atom. The Balaban J connectivity index is 2.53. The van der Waals surface area contributed by atoms with E-state index in [1.165, 1.54) is 0 Å². The van der Waals surface area contributed by atoms with Crippen LogP contribution in [0.15, 0.2) is 16.7 Å². The van der Waals surface area contributed by atoms with Crippen molar-refractivity contribution in [1.29, 1.82) is 0 Å². The maximum atomic E-state index is 5.16. The van der Waals surface area contributed by atoms with Gasteiger partial charge >= 0.3 is 0 Å². The van der Waals surface area contributed by atoms with Gasteiger partial charge in [0, 0.05) is 17.2 Å². The van der Waals surface area contributed by atoms with E-state index in [1.54, 1.807) is 6.20 Å². The van der Waals surface area contributed by atoms with Gasteiger partial charge < -0.3 is 10.6 Å². The highest BCUT2D eigenvalue weighted by Gasteiger charge is 2.01. The van der Waals surface area contributed by atoms with E-state index < -0.39 is 0 Å². The topological polar surface area (TPSA) is 37.0 Å². The molecule has 5 heteroatoms. The van der Waals surface area contributed by atoms with Crippen LogP contribution in [0.2, 0.25) is 0 Å². The molecule has 0 radical (unpaired) electrons. The molecule has 1 aromatic rings. The fourth-order valence-corrected chi connectivity index (χ4v) is 1.47. The number of thiocarbonyl (C=S) groups is 1. The second kappa shape index (κ2) is 6.15. The fourth-order valence-electron chi connectivity index (χ4n) is 1.07. The summed E-state index contributed by atoms with van der Waals surface area (Å²) in [7, 11) is 0. The monoisotopic (exact) mass is 301 g/mol. The SMILES string of the molecule is Cc1cc(NC(=S)NCC(C)C)ncc1Br. The van der Waals surface area contributed by atoms with Gasteiger partial charge in [0.15, 0.2) is 5.11 Å². The van der Waals surface area contributed by atoms with Crippen LogP contribution < -0.4 is 10.6 Å². The molecule has 0 aliphatic rings. The number of nitrogens with one attached hydrogen (secondary N) is 2. The van der Waals surface area contributed by atoms with Crippen molar-refractivity contribution in [2.45, 2.75) is 20.8 Å². The van der Waals surface area contributed by atoms with Crippen LogP contribution in [0.4, 0.5) is 5.82 Å². The summed E-state index contributed by atoms with van der Waals surface area (Å²) in [5.74, 6) is 1.33.